The van der Waals surface area contributed by atoms with Gasteiger partial charge in [0.15, 0.2) is 0 Å². The summed E-state index contributed by atoms with van der Waals surface area (Å²) < 4.78 is 29.0. The van der Waals surface area contributed by atoms with Gasteiger partial charge in [-0.2, -0.15) is 0 Å². The van der Waals surface area contributed by atoms with Crippen molar-refractivity contribution in [2.24, 2.45) is 0 Å². The van der Waals surface area contributed by atoms with Crippen LogP contribution in [0.1, 0.15) is 5.56 Å². The van der Waals surface area contributed by atoms with Crippen LogP contribution < -0.4 is 15.4 Å². The van der Waals surface area contributed by atoms with E-state index >= 15 is 0 Å². The first-order valence-corrected chi connectivity index (χ1v) is 8.82. The van der Waals surface area contributed by atoms with Crippen molar-refractivity contribution in [2.45, 2.75) is 6.92 Å². The average Bonchev–Trinajstić information content (AvgIpc) is 2.71. The molecule has 0 spiro atoms. The number of rotatable bonds is 7. The second-order valence-corrected chi connectivity index (χ2v) is 6.15. The number of carbonyl (C=O) groups excluding carboxylic acids is 1. The third-order valence-corrected chi connectivity index (χ3v) is 4.15. The van der Waals surface area contributed by atoms with Gasteiger partial charge in [0.2, 0.25) is 0 Å². The van der Waals surface area contributed by atoms with Crippen LogP contribution in [0.5, 0.6) is 5.75 Å². The summed E-state index contributed by atoms with van der Waals surface area (Å²) in [5.74, 6) is 0.0956. The van der Waals surface area contributed by atoms with Crippen molar-refractivity contribution in [2.75, 3.05) is 38.0 Å². The average molecular weight is 400 g/mol. The Morgan fingerprint density at radius 3 is 2.76 bits per heavy atom. The van der Waals surface area contributed by atoms with Gasteiger partial charge in [-0.15, -0.1) is 0 Å². The molecule has 0 saturated carbocycles. The molecule has 1 heterocycles. The summed E-state index contributed by atoms with van der Waals surface area (Å²) in [4.78, 5) is 19.9. The molecule has 0 atom stereocenters. The van der Waals surface area contributed by atoms with Gasteiger partial charge in [-0.25, -0.2) is 19.2 Å². The molecular weight excluding hydrogens is 379 g/mol. The SMILES string of the molecule is COCCNc1ccc2c(Nc3cc(OC(=O)OC)c(C)cc3F)ncnc2c1. The molecule has 2 aromatic carbocycles. The molecule has 0 amide bonds. The number of benzene rings is 2. The van der Waals surface area contributed by atoms with E-state index in [1.54, 1.807) is 14.0 Å². The van der Waals surface area contributed by atoms with Crippen LogP contribution in [0, 0.1) is 12.7 Å². The van der Waals surface area contributed by atoms with Crippen LogP contribution in [0.4, 0.5) is 26.4 Å². The Labute approximate surface area is 167 Å². The van der Waals surface area contributed by atoms with Gasteiger partial charge in [0.1, 0.15) is 23.7 Å². The maximum absolute atomic E-state index is 14.5. The first kappa shape index (κ1) is 20.3. The minimum absolute atomic E-state index is 0.108. The standard InChI is InChI=1S/C20H21FN4O4/c1-12-8-15(21)17(10-18(12)29-20(26)28-3)25-19-14-5-4-13(22-6-7-27-2)9-16(14)23-11-24-19/h4-5,8-11,22H,6-7H2,1-3H3,(H,23,24,25). The highest BCUT2D eigenvalue weighted by atomic mass is 19.1. The van der Waals surface area contributed by atoms with Gasteiger partial charge in [0.25, 0.3) is 0 Å². The Hall–Kier alpha value is -3.46. The van der Waals surface area contributed by atoms with E-state index in [0.29, 0.717) is 35.4 Å². The number of ether oxygens (including phenoxy) is 3. The van der Waals surface area contributed by atoms with E-state index in [9.17, 15) is 9.18 Å². The maximum Gasteiger partial charge on any atom is 0.513 e. The fraction of sp³-hybridized carbons (Fsp3) is 0.250. The van der Waals surface area contributed by atoms with Crippen molar-refractivity contribution in [3.8, 4) is 5.75 Å². The number of anilines is 3. The summed E-state index contributed by atoms with van der Waals surface area (Å²) in [7, 11) is 2.84. The zero-order chi connectivity index (χ0) is 20.8. The second kappa shape index (κ2) is 9.16. The molecule has 1 aromatic heterocycles. The molecule has 0 aliphatic heterocycles. The lowest BCUT2D eigenvalue weighted by molar-refractivity contribution is 0.121. The van der Waals surface area contributed by atoms with E-state index in [4.69, 9.17) is 9.47 Å². The number of hydrogen-bond acceptors (Lipinski definition) is 8. The molecule has 152 valence electrons. The quantitative estimate of drug-likeness (QED) is 0.349. The number of nitrogens with one attached hydrogen (secondary N) is 2. The predicted molar refractivity (Wildman–Crippen MR) is 107 cm³/mol. The van der Waals surface area contributed by atoms with Crippen LogP contribution in [-0.4, -0.2) is 43.5 Å². The molecule has 3 aromatic rings. The molecule has 0 bridgehead atoms. The van der Waals surface area contributed by atoms with Crippen molar-refractivity contribution in [3.63, 3.8) is 0 Å². The van der Waals surface area contributed by atoms with E-state index in [2.05, 4.69) is 25.3 Å². The number of carbonyl (C=O) groups is 1. The summed E-state index contributed by atoms with van der Waals surface area (Å²) in [5, 5.41) is 6.88. The lowest BCUT2D eigenvalue weighted by atomic mass is 10.1. The lowest BCUT2D eigenvalue weighted by Crippen LogP contribution is -2.09. The van der Waals surface area contributed by atoms with Crippen LogP contribution in [0.2, 0.25) is 0 Å². The number of aryl methyl sites for hydroxylation is 1. The lowest BCUT2D eigenvalue weighted by Gasteiger charge is -2.13. The minimum Gasteiger partial charge on any atom is -0.437 e. The zero-order valence-corrected chi connectivity index (χ0v) is 16.3. The highest BCUT2D eigenvalue weighted by Crippen LogP contribution is 2.30. The van der Waals surface area contributed by atoms with Crippen LogP contribution in [-0.2, 0) is 9.47 Å². The highest BCUT2D eigenvalue weighted by molar-refractivity contribution is 5.92. The van der Waals surface area contributed by atoms with E-state index in [-0.39, 0.29) is 11.4 Å². The topological polar surface area (TPSA) is 94.6 Å². The third-order valence-electron chi connectivity index (χ3n) is 4.15. The molecule has 0 radical (unpaired) electrons. The smallest absolute Gasteiger partial charge is 0.437 e. The first-order chi connectivity index (χ1) is 14.0. The van der Waals surface area contributed by atoms with Gasteiger partial charge < -0.3 is 24.8 Å². The molecule has 0 aliphatic carbocycles. The Kier molecular flexibility index (Phi) is 6.40. The number of methoxy groups -OCH3 is 2. The molecule has 8 nitrogen and oxygen atoms in total. The number of fused-ring (bicyclic) bond motifs is 1. The summed E-state index contributed by atoms with van der Waals surface area (Å²) in [5.41, 5.74) is 2.13. The molecule has 3 rings (SSSR count). The number of nitrogens with zero attached hydrogens (tertiary/aromatic N) is 2. The predicted octanol–water partition coefficient (Wildman–Crippen LogP) is 4.02. The fourth-order valence-electron chi connectivity index (χ4n) is 2.68. The van der Waals surface area contributed by atoms with E-state index in [1.807, 2.05) is 18.2 Å². The number of halogens is 1. The van der Waals surface area contributed by atoms with Gasteiger partial charge in [-0.1, -0.05) is 0 Å². The Balaban J connectivity index is 1.89. The summed E-state index contributed by atoms with van der Waals surface area (Å²) in [6, 6.07) is 8.24. The van der Waals surface area contributed by atoms with Crippen molar-refractivity contribution >= 4 is 34.3 Å². The molecule has 0 unspecified atom stereocenters. The number of aromatic nitrogens is 2. The fourth-order valence-corrected chi connectivity index (χ4v) is 2.68. The van der Waals surface area contributed by atoms with E-state index < -0.39 is 12.0 Å². The normalized spacial score (nSPS) is 10.6. The van der Waals surface area contributed by atoms with E-state index in [0.717, 1.165) is 5.69 Å². The Morgan fingerprint density at radius 1 is 1.17 bits per heavy atom. The Bertz CT molecular complexity index is 1030. The molecule has 0 saturated heterocycles. The first-order valence-electron chi connectivity index (χ1n) is 8.82. The maximum atomic E-state index is 14.5. The molecule has 0 aliphatic rings. The van der Waals surface area contributed by atoms with Crippen LogP contribution in [0.15, 0.2) is 36.7 Å². The second-order valence-electron chi connectivity index (χ2n) is 6.15. The van der Waals surface area contributed by atoms with Crippen molar-refractivity contribution in [3.05, 3.63) is 48.0 Å². The number of hydrogen-bond donors (Lipinski definition) is 2. The van der Waals surface area contributed by atoms with Crippen LogP contribution in [0.3, 0.4) is 0 Å². The van der Waals surface area contributed by atoms with Gasteiger partial charge >= 0.3 is 6.16 Å². The molecule has 9 heteroatoms. The molecule has 2 N–H and O–H groups in total. The third kappa shape index (κ3) is 4.88. The minimum atomic E-state index is -0.883. The highest BCUT2D eigenvalue weighted by Gasteiger charge is 2.14. The van der Waals surface area contributed by atoms with Crippen molar-refractivity contribution < 1.29 is 23.4 Å². The van der Waals surface area contributed by atoms with E-state index in [1.165, 1.54) is 25.6 Å². The summed E-state index contributed by atoms with van der Waals surface area (Å²) in [6.45, 7) is 2.87. The van der Waals surface area contributed by atoms with Crippen molar-refractivity contribution in [1.29, 1.82) is 0 Å². The van der Waals surface area contributed by atoms with Gasteiger partial charge in [0, 0.05) is 30.8 Å². The zero-order valence-electron chi connectivity index (χ0n) is 16.3. The van der Waals surface area contributed by atoms with Crippen LogP contribution >= 0.6 is 0 Å². The molecule has 0 fully saturated rings. The molecular formula is C20H21FN4O4. The largest absolute Gasteiger partial charge is 0.513 e. The summed E-state index contributed by atoms with van der Waals surface area (Å²) in [6.07, 6.45) is 0.508. The van der Waals surface area contributed by atoms with Crippen LogP contribution in [0.25, 0.3) is 10.9 Å². The van der Waals surface area contributed by atoms with Gasteiger partial charge in [-0.05, 0) is 36.8 Å². The Morgan fingerprint density at radius 2 is 2.00 bits per heavy atom. The molecule has 29 heavy (non-hydrogen) atoms. The van der Waals surface area contributed by atoms with Crippen molar-refractivity contribution in [1.82, 2.24) is 9.97 Å². The van der Waals surface area contributed by atoms with Gasteiger partial charge in [-0.3, -0.25) is 0 Å². The monoisotopic (exact) mass is 400 g/mol. The van der Waals surface area contributed by atoms with Gasteiger partial charge in [0.05, 0.1) is 24.9 Å². The summed E-state index contributed by atoms with van der Waals surface area (Å²) >= 11 is 0.